The van der Waals surface area contributed by atoms with Crippen LogP contribution in [0, 0.1) is 10.1 Å². The Kier molecular flexibility index (Phi) is 7.62. The van der Waals surface area contributed by atoms with Crippen LogP contribution in [-0.4, -0.2) is 38.8 Å². The van der Waals surface area contributed by atoms with E-state index in [4.69, 9.17) is 23.7 Å². The molecule has 0 radical (unpaired) electrons. The van der Waals surface area contributed by atoms with Crippen molar-refractivity contribution in [2.45, 2.75) is 13.8 Å². The average molecular weight is 417 g/mol. The van der Waals surface area contributed by atoms with Crippen molar-refractivity contribution in [2.75, 3.05) is 27.9 Å². The molecule has 30 heavy (non-hydrogen) atoms. The Bertz CT molecular complexity index is 942. The number of carbonyl (C=O) groups excluding carboxylic acids is 1. The number of rotatable bonds is 9. The molecule has 0 saturated heterocycles. The standard InChI is InChI=1S/C21H23NO8/c1-6-29-17-10-14(9-13(2)22(24)25)7-8-16(17)30-21(23)15-11-18(26-3)20(28-5)19(12-15)27-4/h7-12H,6H2,1-5H3/b13-9-. The molecule has 0 bridgehead atoms. The van der Waals surface area contributed by atoms with Crippen molar-refractivity contribution in [3.05, 3.63) is 57.3 Å². The van der Waals surface area contributed by atoms with Gasteiger partial charge in [-0.05, 0) is 36.8 Å². The van der Waals surface area contributed by atoms with Gasteiger partial charge in [0.2, 0.25) is 11.4 Å². The number of hydrogen-bond acceptors (Lipinski definition) is 8. The van der Waals surface area contributed by atoms with E-state index in [0.717, 1.165) is 0 Å². The molecule has 0 N–H and O–H groups in total. The van der Waals surface area contributed by atoms with Crippen LogP contribution in [0.5, 0.6) is 28.7 Å². The van der Waals surface area contributed by atoms with Gasteiger partial charge in [0, 0.05) is 13.0 Å². The molecule has 160 valence electrons. The van der Waals surface area contributed by atoms with Crippen LogP contribution in [0.2, 0.25) is 0 Å². The number of benzene rings is 2. The van der Waals surface area contributed by atoms with Crippen LogP contribution in [0.1, 0.15) is 29.8 Å². The highest BCUT2D eigenvalue weighted by Gasteiger charge is 2.20. The third-order valence-electron chi connectivity index (χ3n) is 4.03. The Morgan fingerprint density at radius 1 is 1.00 bits per heavy atom. The fourth-order valence-electron chi connectivity index (χ4n) is 2.62. The lowest BCUT2D eigenvalue weighted by atomic mass is 10.1. The molecule has 0 aliphatic rings. The van der Waals surface area contributed by atoms with Gasteiger partial charge in [-0.1, -0.05) is 6.07 Å². The van der Waals surface area contributed by atoms with E-state index in [2.05, 4.69) is 0 Å². The van der Waals surface area contributed by atoms with Crippen molar-refractivity contribution < 1.29 is 33.4 Å². The second kappa shape index (κ2) is 10.1. The summed E-state index contributed by atoms with van der Waals surface area (Å²) < 4.78 is 26.8. The fraction of sp³-hybridized carbons (Fsp3) is 0.286. The third-order valence-corrected chi connectivity index (χ3v) is 4.03. The molecule has 0 spiro atoms. The highest BCUT2D eigenvalue weighted by Crippen LogP contribution is 2.39. The lowest BCUT2D eigenvalue weighted by molar-refractivity contribution is -0.422. The van der Waals surface area contributed by atoms with Crippen molar-refractivity contribution in [1.29, 1.82) is 0 Å². The van der Waals surface area contributed by atoms with E-state index < -0.39 is 10.9 Å². The molecule has 2 rings (SSSR count). The van der Waals surface area contributed by atoms with E-state index in [0.29, 0.717) is 29.4 Å². The van der Waals surface area contributed by atoms with E-state index in [-0.39, 0.29) is 22.8 Å². The zero-order valence-electron chi connectivity index (χ0n) is 17.4. The Balaban J connectivity index is 2.38. The van der Waals surface area contributed by atoms with E-state index in [1.165, 1.54) is 52.5 Å². The topological polar surface area (TPSA) is 106 Å². The first kappa shape index (κ1) is 22.5. The van der Waals surface area contributed by atoms with Gasteiger partial charge in [-0.15, -0.1) is 0 Å². The van der Waals surface area contributed by atoms with Crippen LogP contribution < -0.4 is 23.7 Å². The Labute approximate surface area is 173 Å². The van der Waals surface area contributed by atoms with E-state index >= 15 is 0 Å². The molecule has 0 aliphatic carbocycles. The monoisotopic (exact) mass is 417 g/mol. The van der Waals surface area contributed by atoms with E-state index in [1.807, 2.05) is 0 Å². The van der Waals surface area contributed by atoms with Gasteiger partial charge in [-0.25, -0.2) is 4.79 Å². The maximum atomic E-state index is 12.7. The van der Waals surface area contributed by atoms with E-state index in [9.17, 15) is 14.9 Å². The molecule has 0 aromatic heterocycles. The zero-order chi connectivity index (χ0) is 22.3. The maximum Gasteiger partial charge on any atom is 0.343 e. The number of esters is 1. The van der Waals surface area contributed by atoms with Gasteiger partial charge in [0.05, 0.1) is 38.4 Å². The summed E-state index contributed by atoms with van der Waals surface area (Å²) in [6.07, 6.45) is 1.40. The fourth-order valence-corrected chi connectivity index (χ4v) is 2.62. The van der Waals surface area contributed by atoms with Crippen LogP contribution in [0.3, 0.4) is 0 Å². The largest absolute Gasteiger partial charge is 0.493 e. The molecule has 9 heteroatoms. The minimum Gasteiger partial charge on any atom is -0.493 e. The van der Waals surface area contributed by atoms with E-state index in [1.54, 1.807) is 19.1 Å². The van der Waals surface area contributed by atoms with Gasteiger partial charge < -0.3 is 23.7 Å². The quantitative estimate of drug-likeness (QED) is 0.261. The molecule has 0 heterocycles. The smallest absolute Gasteiger partial charge is 0.343 e. The van der Waals surface area contributed by atoms with Gasteiger partial charge >= 0.3 is 5.97 Å². The molecule has 0 amide bonds. The molecule has 2 aromatic rings. The number of carbonyl (C=O) groups is 1. The predicted octanol–water partition coefficient (Wildman–Crippen LogP) is 3.97. The predicted molar refractivity (Wildman–Crippen MR) is 109 cm³/mol. The summed E-state index contributed by atoms with van der Waals surface area (Å²) in [6, 6.07) is 7.62. The zero-order valence-corrected chi connectivity index (χ0v) is 17.4. The molecule has 0 atom stereocenters. The number of nitrogens with zero attached hydrogens (tertiary/aromatic N) is 1. The van der Waals surface area contributed by atoms with Crippen molar-refractivity contribution in [3.8, 4) is 28.7 Å². The highest BCUT2D eigenvalue weighted by molar-refractivity contribution is 5.93. The molecular weight excluding hydrogens is 394 g/mol. The number of nitro groups is 1. The maximum absolute atomic E-state index is 12.7. The lowest BCUT2D eigenvalue weighted by Crippen LogP contribution is -2.11. The van der Waals surface area contributed by atoms with Gasteiger partial charge in [0.1, 0.15) is 0 Å². The van der Waals surface area contributed by atoms with Crippen molar-refractivity contribution in [1.82, 2.24) is 0 Å². The summed E-state index contributed by atoms with van der Waals surface area (Å²) in [5.41, 5.74) is 0.694. The summed E-state index contributed by atoms with van der Waals surface area (Å²) in [4.78, 5) is 23.1. The minimum atomic E-state index is -0.667. The van der Waals surface area contributed by atoms with Crippen LogP contribution >= 0.6 is 0 Å². The summed E-state index contributed by atoms with van der Waals surface area (Å²) in [6.45, 7) is 3.48. The second-order valence-electron chi connectivity index (χ2n) is 5.99. The summed E-state index contributed by atoms with van der Waals surface area (Å²) in [5, 5.41) is 10.8. The first-order valence-corrected chi connectivity index (χ1v) is 8.96. The molecule has 0 saturated carbocycles. The second-order valence-corrected chi connectivity index (χ2v) is 5.99. The summed E-state index contributed by atoms with van der Waals surface area (Å²) >= 11 is 0. The van der Waals surface area contributed by atoms with Gasteiger partial charge in [-0.3, -0.25) is 10.1 Å². The number of ether oxygens (including phenoxy) is 5. The third kappa shape index (κ3) is 5.19. The molecule has 0 fully saturated rings. The molecule has 0 aliphatic heterocycles. The number of allylic oxidation sites excluding steroid dienone is 1. The Morgan fingerprint density at radius 2 is 1.63 bits per heavy atom. The highest BCUT2D eigenvalue weighted by atomic mass is 16.6. The number of hydrogen-bond donors (Lipinski definition) is 0. The first-order chi connectivity index (χ1) is 14.3. The summed E-state index contributed by atoms with van der Waals surface area (Å²) in [7, 11) is 4.35. The normalized spacial score (nSPS) is 10.9. The lowest BCUT2D eigenvalue weighted by Gasteiger charge is -2.15. The molecule has 9 nitrogen and oxygen atoms in total. The molecule has 2 aromatic carbocycles. The average Bonchev–Trinajstić information content (AvgIpc) is 2.74. The van der Waals surface area contributed by atoms with Crippen LogP contribution in [0.25, 0.3) is 6.08 Å². The Hall–Kier alpha value is -3.75. The van der Waals surface area contributed by atoms with Gasteiger partial charge in [0.25, 0.3) is 0 Å². The Morgan fingerprint density at radius 3 is 2.13 bits per heavy atom. The van der Waals surface area contributed by atoms with Crippen molar-refractivity contribution >= 4 is 12.0 Å². The first-order valence-electron chi connectivity index (χ1n) is 8.96. The SMILES string of the molecule is CCOc1cc(/C=C(/C)[N+](=O)[O-])ccc1OC(=O)c1cc(OC)c(OC)c(OC)c1. The van der Waals surface area contributed by atoms with Crippen molar-refractivity contribution in [2.24, 2.45) is 0 Å². The van der Waals surface area contributed by atoms with Crippen LogP contribution in [0.15, 0.2) is 36.0 Å². The van der Waals surface area contributed by atoms with Crippen LogP contribution in [0.4, 0.5) is 0 Å². The summed E-state index contributed by atoms with van der Waals surface area (Å²) in [5.74, 6) is 0.757. The van der Waals surface area contributed by atoms with Gasteiger partial charge in [-0.2, -0.15) is 0 Å². The van der Waals surface area contributed by atoms with Crippen LogP contribution in [-0.2, 0) is 0 Å². The number of methoxy groups -OCH3 is 3. The molecular formula is C21H23NO8. The van der Waals surface area contributed by atoms with Crippen molar-refractivity contribution in [3.63, 3.8) is 0 Å². The minimum absolute atomic E-state index is 0.0281. The molecule has 0 unspecified atom stereocenters. The van der Waals surface area contributed by atoms with Gasteiger partial charge in [0.15, 0.2) is 23.0 Å².